The van der Waals surface area contributed by atoms with Gasteiger partial charge in [0.2, 0.25) is 11.8 Å². The van der Waals surface area contributed by atoms with Crippen LogP contribution in [0.5, 0.6) is 5.88 Å². The molecule has 4 aromatic rings. The molecule has 0 spiro atoms. The molecule has 0 aliphatic heterocycles. The van der Waals surface area contributed by atoms with Crippen molar-refractivity contribution in [3.8, 4) is 11.6 Å². The number of halogens is 1. The molecule has 8 heteroatoms. The lowest BCUT2D eigenvalue weighted by Gasteiger charge is -2.20. The topological polar surface area (TPSA) is 84.2 Å². The number of nitrogens with one attached hydrogen (secondary N) is 1. The van der Waals surface area contributed by atoms with Crippen LogP contribution in [0.4, 0.5) is 0 Å². The number of aromatic hydroxyl groups is 1. The van der Waals surface area contributed by atoms with Crippen molar-refractivity contribution in [1.29, 1.82) is 0 Å². The highest BCUT2D eigenvalue weighted by Gasteiger charge is 2.18. The van der Waals surface area contributed by atoms with Crippen molar-refractivity contribution in [3.63, 3.8) is 0 Å². The number of amides is 1. The van der Waals surface area contributed by atoms with Crippen molar-refractivity contribution in [2.75, 3.05) is 5.75 Å². The second-order valence-corrected chi connectivity index (χ2v) is 8.54. The molecule has 1 heterocycles. The zero-order chi connectivity index (χ0) is 23.2. The number of benzene rings is 3. The molecule has 3 aromatic carbocycles. The van der Waals surface area contributed by atoms with E-state index in [9.17, 15) is 14.7 Å². The van der Waals surface area contributed by atoms with E-state index >= 15 is 0 Å². The van der Waals surface area contributed by atoms with Gasteiger partial charge in [-0.3, -0.25) is 14.2 Å². The van der Waals surface area contributed by atoms with Crippen molar-refractivity contribution in [1.82, 2.24) is 14.9 Å². The third-order valence-corrected chi connectivity index (χ3v) is 6.02. The SMILES string of the molecule is O=C(CSc1nc(O)cc(=O)n1-c1cccc(Cl)c1)NC(c1ccccc1)c1ccccc1. The molecule has 0 unspecified atom stereocenters. The molecule has 1 aromatic heterocycles. The molecule has 2 N–H and O–H groups in total. The Labute approximate surface area is 199 Å². The van der Waals surface area contributed by atoms with Gasteiger partial charge in [0.05, 0.1) is 23.5 Å². The van der Waals surface area contributed by atoms with Gasteiger partial charge in [0, 0.05) is 5.02 Å². The van der Waals surface area contributed by atoms with Crippen LogP contribution in [-0.4, -0.2) is 26.3 Å². The van der Waals surface area contributed by atoms with E-state index in [1.165, 1.54) is 4.57 Å². The van der Waals surface area contributed by atoms with Crippen LogP contribution in [-0.2, 0) is 4.79 Å². The van der Waals surface area contributed by atoms with E-state index in [1.807, 2.05) is 60.7 Å². The van der Waals surface area contributed by atoms with Gasteiger partial charge in [-0.25, -0.2) is 0 Å². The van der Waals surface area contributed by atoms with E-state index in [0.29, 0.717) is 10.7 Å². The van der Waals surface area contributed by atoms with Crippen molar-refractivity contribution >= 4 is 29.3 Å². The average molecular weight is 478 g/mol. The van der Waals surface area contributed by atoms with Gasteiger partial charge in [-0.15, -0.1) is 0 Å². The third-order valence-electron chi connectivity index (χ3n) is 4.84. The van der Waals surface area contributed by atoms with E-state index < -0.39 is 11.4 Å². The van der Waals surface area contributed by atoms with Gasteiger partial charge in [-0.05, 0) is 29.3 Å². The van der Waals surface area contributed by atoms with E-state index in [0.717, 1.165) is 29.0 Å². The Balaban J connectivity index is 1.57. The first-order chi connectivity index (χ1) is 16.0. The zero-order valence-electron chi connectivity index (χ0n) is 17.4. The van der Waals surface area contributed by atoms with E-state index in [1.54, 1.807) is 24.3 Å². The first kappa shape index (κ1) is 22.6. The standard InChI is InChI=1S/C25H20ClN3O3S/c26-19-12-7-13-20(14-19)29-23(32)15-21(30)28-25(29)33-16-22(31)27-24(17-8-3-1-4-9-17)18-10-5-2-6-11-18/h1-15,24,30H,16H2,(H,27,31). The lowest BCUT2D eigenvalue weighted by atomic mass is 9.99. The molecule has 1 amide bonds. The van der Waals surface area contributed by atoms with Crippen molar-refractivity contribution < 1.29 is 9.90 Å². The Kier molecular flexibility index (Phi) is 7.12. The summed E-state index contributed by atoms with van der Waals surface area (Å²) in [5.74, 6) is -0.660. The predicted molar refractivity (Wildman–Crippen MR) is 130 cm³/mol. The second kappa shape index (κ2) is 10.4. The van der Waals surface area contributed by atoms with Gasteiger partial charge in [-0.2, -0.15) is 4.98 Å². The average Bonchev–Trinajstić information content (AvgIpc) is 2.82. The molecular weight excluding hydrogens is 458 g/mol. The largest absolute Gasteiger partial charge is 0.493 e. The molecule has 0 saturated heterocycles. The highest BCUT2D eigenvalue weighted by molar-refractivity contribution is 7.99. The maximum absolute atomic E-state index is 12.9. The maximum Gasteiger partial charge on any atom is 0.262 e. The van der Waals surface area contributed by atoms with Gasteiger partial charge >= 0.3 is 0 Å². The number of thioether (sulfide) groups is 1. The molecule has 0 bridgehead atoms. The minimum absolute atomic E-state index is 0.00732. The summed E-state index contributed by atoms with van der Waals surface area (Å²) < 4.78 is 1.31. The minimum Gasteiger partial charge on any atom is -0.493 e. The summed E-state index contributed by atoms with van der Waals surface area (Å²) >= 11 is 7.13. The van der Waals surface area contributed by atoms with Crippen molar-refractivity contribution in [2.45, 2.75) is 11.2 Å². The maximum atomic E-state index is 12.9. The van der Waals surface area contributed by atoms with Crippen LogP contribution < -0.4 is 10.9 Å². The van der Waals surface area contributed by atoms with Gasteiger partial charge in [-0.1, -0.05) is 90.1 Å². The van der Waals surface area contributed by atoms with Crippen LogP contribution in [0.2, 0.25) is 5.02 Å². The third kappa shape index (κ3) is 5.63. The van der Waals surface area contributed by atoms with Crippen molar-refractivity contribution in [3.05, 3.63) is 117 Å². The zero-order valence-corrected chi connectivity index (χ0v) is 19.0. The molecule has 6 nitrogen and oxygen atoms in total. The lowest BCUT2D eigenvalue weighted by Crippen LogP contribution is -2.31. The first-order valence-electron chi connectivity index (χ1n) is 10.1. The molecular formula is C25H20ClN3O3S. The normalized spacial score (nSPS) is 10.8. The minimum atomic E-state index is -0.473. The monoisotopic (exact) mass is 477 g/mol. The number of nitrogens with zero attached hydrogens (tertiary/aromatic N) is 2. The molecule has 0 fully saturated rings. The van der Waals surface area contributed by atoms with Gasteiger partial charge in [0.25, 0.3) is 5.56 Å². The summed E-state index contributed by atoms with van der Waals surface area (Å²) in [6.45, 7) is 0. The van der Waals surface area contributed by atoms with Crippen LogP contribution in [0.3, 0.4) is 0 Å². The van der Waals surface area contributed by atoms with Gasteiger partial charge < -0.3 is 10.4 Å². The summed E-state index contributed by atoms with van der Waals surface area (Å²) in [5, 5.41) is 13.6. The fourth-order valence-corrected chi connectivity index (χ4v) is 4.39. The Bertz CT molecular complexity index is 1270. The van der Waals surface area contributed by atoms with E-state index in [4.69, 9.17) is 11.6 Å². The number of rotatable bonds is 7. The number of carbonyl (C=O) groups is 1. The lowest BCUT2D eigenvalue weighted by molar-refractivity contribution is -0.119. The number of hydrogen-bond acceptors (Lipinski definition) is 5. The van der Waals surface area contributed by atoms with Crippen molar-refractivity contribution in [2.24, 2.45) is 0 Å². The quantitative estimate of drug-likeness (QED) is 0.300. The number of aromatic nitrogens is 2. The fourth-order valence-electron chi connectivity index (χ4n) is 3.38. The molecule has 4 rings (SSSR count). The Morgan fingerprint density at radius 2 is 1.61 bits per heavy atom. The molecule has 33 heavy (non-hydrogen) atoms. The second-order valence-electron chi connectivity index (χ2n) is 7.16. The number of carbonyl (C=O) groups excluding carboxylic acids is 1. The van der Waals surface area contributed by atoms with E-state index in [-0.39, 0.29) is 22.9 Å². The summed E-state index contributed by atoms with van der Waals surface area (Å²) in [6, 6.07) is 26.8. The Morgan fingerprint density at radius 3 is 2.21 bits per heavy atom. The van der Waals surface area contributed by atoms with E-state index in [2.05, 4.69) is 10.3 Å². The summed E-state index contributed by atoms with van der Waals surface area (Å²) in [5.41, 5.74) is 1.93. The van der Waals surface area contributed by atoms with Gasteiger partial charge in [0.1, 0.15) is 0 Å². The molecule has 0 aliphatic rings. The summed E-state index contributed by atoms with van der Waals surface area (Å²) in [6.07, 6.45) is 0. The molecule has 0 saturated carbocycles. The molecule has 0 radical (unpaired) electrons. The number of hydrogen-bond donors (Lipinski definition) is 2. The first-order valence-corrected chi connectivity index (χ1v) is 11.5. The van der Waals surface area contributed by atoms with Gasteiger partial charge in [0.15, 0.2) is 5.16 Å². The van der Waals surface area contributed by atoms with Crippen LogP contribution >= 0.6 is 23.4 Å². The summed E-state index contributed by atoms with van der Waals surface area (Å²) in [4.78, 5) is 29.6. The van der Waals surface area contributed by atoms with Crippen LogP contribution in [0.15, 0.2) is 101 Å². The van der Waals surface area contributed by atoms with Crippen LogP contribution in [0.1, 0.15) is 17.2 Å². The molecule has 0 aliphatic carbocycles. The predicted octanol–water partition coefficient (Wildman–Crippen LogP) is 4.59. The molecule has 166 valence electrons. The highest BCUT2D eigenvalue weighted by Crippen LogP contribution is 2.24. The Hall–Kier alpha value is -3.55. The fraction of sp³-hybridized carbons (Fsp3) is 0.0800. The highest BCUT2D eigenvalue weighted by atomic mass is 35.5. The molecule has 0 atom stereocenters. The Morgan fingerprint density at radius 1 is 0.970 bits per heavy atom. The smallest absolute Gasteiger partial charge is 0.262 e. The van der Waals surface area contributed by atoms with Crippen LogP contribution in [0, 0.1) is 0 Å². The van der Waals surface area contributed by atoms with Crippen LogP contribution in [0.25, 0.3) is 5.69 Å². The summed E-state index contributed by atoms with van der Waals surface area (Å²) in [7, 11) is 0.